The smallest absolute Gasteiger partial charge is 0.269 e. The van der Waals surface area contributed by atoms with Gasteiger partial charge in [-0.15, -0.1) is 11.8 Å². The van der Waals surface area contributed by atoms with E-state index in [0.717, 1.165) is 0 Å². The van der Waals surface area contributed by atoms with Crippen molar-refractivity contribution in [3.63, 3.8) is 0 Å². The summed E-state index contributed by atoms with van der Waals surface area (Å²) in [6, 6.07) is 20.1. The van der Waals surface area contributed by atoms with Crippen LogP contribution in [-0.4, -0.2) is 31.5 Å². The molecule has 186 valence electrons. The molecule has 1 saturated heterocycles. The summed E-state index contributed by atoms with van der Waals surface area (Å²) in [6.45, 7) is 0. The van der Waals surface area contributed by atoms with Crippen molar-refractivity contribution in [3.8, 4) is 0 Å². The van der Waals surface area contributed by atoms with Gasteiger partial charge in [0.05, 0.1) is 10.7 Å². The van der Waals surface area contributed by atoms with Gasteiger partial charge < -0.3 is 10.6 Å². The number of benzene rings is 3. The van der Waals surface area contributed by atoms with Gasteiger partial charge in [-0.05, 0) is 54.1 Å². The largest absolute Gasteiger partial charge is 0.324 e. The van der Waals surface area contributed by atoms with Crippen LogP contribution in [0.5, 0.6) is 0 Å². The lowest BCUT2D eigenvalue weighted by Crippen LogP contribution is -2.30. The number of carbonyl (C=O) groups excluding carboxylic acids is 1. The molecule has 1 fully saturated rings. The van der Waals surface area contributed by atoms with Crippen molar-refractivity contribution in [3.05, 3.63) is 98.5 Å². The molecular formula is C24H17Cl2N7O3S. The summed E-state index contributed by atoms with van der Waals surface area (Å²) in [6.07, 6.45) is 0. The summed E-state index contributed by atoms with van der Waals surface area (Å²) >= 11 is 13.6. The van der Waals surface area contributed by atoms with E-state index in [1.165, 1.54) is 28.8 Å². The first-order valence-electron chi connectivity index (χ1n) is 10.8. The average Bonchev–Trinajstić information content (AvgIpc) is 3.25. The molecule has 37 heavy (non-hydrogen) atoms. The molecule has 0 radical (unpaired) electrons. The molecule has 5 rings (SSSR count). The molecule has 10 nitrogen and oxygen atoms in total. The molecule has 1 aromatic heterocycles. The number of aromatic nitrogens is 3. The Labute approximate surface area is 225 Å². The highest BCUT2D eigenvalue weighted by Gasteiger charge is 2.36. The zero-order valence-electron chi connectivity index (χ0n) is 18.8. The van der Waals surface area contributed by atoms with Gasteiger partial charge in [0.2, 0.25) is 23.8 Å². The molecule has 1 aliphatic heterocycles. The fourth-order valence-corrected chi connectivity index (χ4v) is 5.15. The van der Waals surface area contributed by atoms with E-state index >= 15 is 0 Å². The van der Waals surface area contributed by atoms with E-state index in [-0.39, 0.29) is 35.2 Å². The van der Waals surface area contributed by atoms with Crippen molar-refractivity contribution in [2.75, 3.05) is 21.3 Å². The molecule has 1 amide bonds. The SMILES string of the molecule is O=C1CSC(c2ccc([N+](=O)[O-])cc2)N1c1nc(Nc2cccc(Cl)c2)nc(Nc2cccc(Cl)c2)n1. The normalized spacial score (nSPS) is 15.0. The number of amides is 1. The summed E-state index contributed by atoms with van der Waals surface area (Å²) in [5, 5.41) is 17.9. The molecule has 0 bridgehead atoms. The topological polar surface area (TPSA) is 126 Å². The maximum atomic E-state index is 13.0. The van der Waals surface area contributed by atoms with Crippen LogP contribution < -0.4 is 15.5 Å². The number of nitro benzene ring substituents is 1. The van der Waals surface area contributed by atoms with E-state index in [9.17, 15) is 14.9 Å². The minimum absolute atomic E-state index is 0.0363. The van der Waals surface area contributed by atoms with Crippen molar-refractivity contribution in [2.45, 2.75) is 5.37 Å². The van der Waals surface area contributed by atoms with Gasteiger partial charge in [-0.1, -0.05) is 35.3 Å². The minimum atomic E-state index is -0.478. The van der Waals surface area contributed by atoms with Gasteiger partial charge in [-0.2, -0.15) is 15.0 Å². The third-order valence-electron chi connectivity index (χ3n) is 5.26. The maximum Gasteiger partial charge on any atom is 0.269 e. The van der Waals surface area contributed by atoms with Crippen molar-refractivity contribution < 1.29 is 9.72 Å². The number of nitro groups is 1. The number of halogens is 2. The molecule has 0 saturated carbocycles. The predicted octanol–water partition coefficient (Wildman–Crippen LogP) is 6.35. The molecular weight excluding hydrogens is 537 g/mol. The number of non-ortho nitro benzene ring substituents is 1. The second kappa shape index (κ2) is 10.6. The second-order valence-corrected chi connectivity index (χ2v) is 9.77. The average molecular weight is 554 g/mol. The van der Waals surface area contributed by atoms with E-state index in [0.29, 0.717) is 27.0 Å². The standard InChI is InChI=1S/C24H17Cl2N7O3S/c25-15-3-1-5-17(11-15)27-22-29-23(28-18-6-2-4-16(26)12-18)31-24(30-22)32-20(34)13-37-21(32)14-7-9-19(10-8-14)33(35)36/h1-12,21H,13H2,(H2,27,28,29,30,31). The van der Waals surface area contributed by atoms with Crippen LogP contribution in [0.4, 0.5) is 34.9 Å². The Morgan fingerprint density at radius 1 is 0.892 bits per heavy atom. The Morgan fingerprint density at radius 3 is 1.97 bits per heavy atom. The highest BCUT2D eigenvalue weighted by Crippen LogP contribution is 2.41. The summed E-state index contributed by atoms with van der Waals surface area (Å²) in [4.78, 5) is 38.5. The van der Waals surface area contributed by atoms with Gasteiger partial charge in [0.25, 0.3) is 5.69 Å². The fraction of sp³-hybridized carbons (Fsp3) is 0.0833. The van der Waals surface area contributed by atoms with Crippen LogP contribution in [0, 0.1) is 10.1 Å². The molecule has 0 aliphatic carbocycles. The second-order valence-electron chi connectivity index (χ2n) is 7.83. The first-order valence-corrected chi connectivity index (χ1v) is 12.7. The number of hydrogen-bond donors (Lipinski definition) is 2. The van der Waals surface area contributed by atoms with Gasteiger partial charge in [-0.25, -0.2) is 0 Å². The highest BCUT2D eigenvalue weighted by molar-refractivity contribution is 8.00. The van der Waals surface area contributed by atoms with Crippen molar-refractivity contribution in [1.82, 2.24) is 15.0 Å². The lowest BCUT2D eigenvalue weighted by atomic mass is 10.2. The molecule has 13 heteroatoms. The van der Waals surface area contributed by atoms with Crippen LogP contribution in [0.2, 0.25) is 10.0 Å². The number of nitrogens with one attached hydrogen (secondary N) is 2. The summed E-state index contributed by atoms with van der Waals surface area (Å²) < 4.78 is 0. The monoisotopic (exact) mass is 553 g/mol. The van der Waals surface area contributed by atoms with Gasteiger partial charge in [0.15, 0.2) is 0 Å². The van der Waals surface area contributed by atoms with Crippen molar-refractivity contribution in [2.24, 2.45) is 0 Å². The number of rotatable bonds is 7. The van der Waals surface area contributed by atoms with E-state index < -0.39 is 10.3 Å². The van der Waals surface area contributed by atoms with Gasteiger partial charge >= 0.3 is 0 Å². The van der Waals surface area contributed by atoms with Crippen molar-refractivity contribution in [1.29, 1.82) is 0 Å². The third kappa shape index (κ3) is 5.74. The zero-order valence-corrected chi connectivity index (χ0v) is 21.2. The summed E-state index contributed by atoms with van der Waals surface area (Å²) in [5.74, 6) is 0.471. The molecule has 1 aliphatic rings. The Bertz CT molecular complexity index is 1420. The summed E-state index contributed by atoms with van der Waals surface area (Å²) in [5.41, 5.74) is 1.96. The molecule has 1 unspecified atom stereocenters. The van der Waals surface area contributed by atoms with Crippen LogP contribution >= 0.6 is 35.0 Å². The lowest BCUT2D eigenvalue weighted by Gasteiger charge is -2.23. The number of carbonyl (C=O) groups is 1. The van der Waals surface area contributed by atoms with E-state index in [1.54, 1.807) is 60.7 Å². The summed E-state index contributed by atoms with van der Waals surface area (Å²) in [7, 11) is 0. The maximum absolute atomic E-state index is 13.0. The quantitative estimate of drug-likeness (QED) is 0.198. The van der Waals surface area contributed by atoms with Crippen LogP contribution in [-0.2, 0) is 4.79 Å². The predicted molar refractivity (Wildman–Crippen MR) is 145 cm³/mol. The van der Waals surface area contributed by atoms with E-state index in [1.807, 2.05) is 0 Å². The van der Waals surface area contributed by atoms with E-state index in [4.69, 9.17) is 23.2 Å². The van der Waals surface area contributed by atoms with Crippen LogP contribution in [0.3, 0.4) is 0 Å². The van der Waals surface area contributed by atoms with E-state index in [2.05, 4.69) is 25.6 Å². The number of hydrogen-bond acceptors (Lipinski definition) is 9. The highest BCUT2D eigenvalue weighted by atomic mass is 35.5. The third-order valence-corrected chi connectivity index (χ3v) is 6.94. The molecule has 2 N–H and O–H groups in total. The first kappa shape index (κ1) is 24.8. The minimum Gasteiger partial charge on any atom is -0.324 e. The zero-order chi connectivity index (χ0) is 25.9. The number of anilines is 5. The number of nitrogens with zero attached hydrogens (tertiary/aromatic N) is 5. The molecule has 3 aromatic carbocycles. The van der Waals surface area contributed by atoms with Crippen molar-refractivity contribution >= 4 is 75.8 Å². The van der Waals surface area contributed by atoms with Gasteiger partial charge in [0, 0.05) is 33.6 Å². The first-order chi connectivity index (χ1) is 17.9. The molecule has 2 heterocycles. The van der Waals surface area contributed by atoms with Gasteiger partial charge in [0.1, 0.15) is 5.37 Å². The van der Waals surface area contributed by atoms with Gasteiger partial charge in [-0.3, -0.25) is 19.8 Å². The molecule has 0 spiro atoms. The van der Waals surface area contributed by atoms with Crippen LogP contribution in [0.1, 0.15) is 10.9 Å². The Balaban J connectivity index is 1.54. The molecule has 4 aromatic rings. The van der Waals surface area contributed by atoms with Crippen LogP contribution in [0.25, 0.3) is 0 Å². The van der Waals surface area contributed by atoms with Crippen LogP contribution in [0.15, 0.2) is 72.8 Å². The Hall–Kier alpha value is -3.93. The Kier molecular flexibility index (Phi) is 7.08. The Morgan fingerprint density at radius 2 is 1.46 bits per heavy atom. The fourth-order valence-electron chi connectivity index (χ4n) is 3.62. The number of thioether (sulfide) groups is 1. The lowest BCUT2D eigenvalue weighted by molar-refractivity contribution is -0.384. The molecule has 1 atom stereocenters.